The second-order valence-electron chi connectivity index (χ2n) is 9.86. The number of aryl methyl sites for hydroxylation is 1. The van der Waals surface area contributed by atoms with Gasteiger partial charge in [0, 0.05) is 36.1 Å². The van der Waals surface area contributed by atoms with Gasteiger partial charge in [-0.3, -0.25) is 4.79 Å². The number of ether oxygens (including phenoxy) is 1. The number of nitrogens with one attached hydrogen (secondary N) is 1. The van der Waals surface area contributed by atoms with Gasteiger partial charge in [-0.25, -0.2) is 4.39 Å². The number of hydrogen-bond acceptors (Lipinski definition) is 6. The standard InChI is InChI=1S/C26H29F3N4O3/c1-13(15-9-8-10-18(21(15)27)26(28,29)24(3,4)35)30-22-17-11-19-20(12-16(17)14(2)31-32-22)33(6)23(34)25(19,5)36-7/h8-13,35H,1-7H3,(H,30,32)/t13-,25?/m1/s1. The van der Waals surface area contributed by atoms with E-state index in [1.165, 1.54) is 24.1 Å². The van der Waals surface area contributed by atoms with Gasteiger partial charge < -0.3 is 20.1 Å². The number of carbonyl (C=O) groups is 1. The molecule has 0 saturated heterocycles. The van der Waals surface area contributed by atoms with Crippen LogP contribution in [0, 0.1) is 12.7 Å². The Balaban J connectivity index is 1.80. The second kappa shape index (κ2) is 8.41. The molecule has 7 nitrogen and oxygen atoms in total. The predicted molar refractivity (Wildman–Crippen MR) is 131 cm³/mol. The van der Waals surface area contributed by atoms with Crippen molar-refractivity contribution in [3.05, 3.63) is 58.5 Å². The SMILES string of the molecule is COC1(C)C(=O)N(C)c2cc3c(C)nnc(N[C@H](C)c4cccc(C(F)(F)C(C)(C)O)c4F)c3cc21. The topological polar surface area (TPSA) is 87.6 Å². The molecule has 3 aromatic rings. The van der Waals surface area contributed by atoms with E-state index in [9.17, 15) is 18.7 Å². The summed E-state index contributed by atoms with van der Waals surface area (Å²) < 4.78 is 50.4. The molecule has 4 rings (SSSR count). The van der Waals surface area contributed by atoms with Crippen molar-refractivity contribution in [1.82, 2.24) is 10.2 Å². The predicted octanol–water partition coefficient (Wildman–Crippen LogP) is 4.95. The molecule has 0 fully saturated rings. The van der Waals surface area contributed by atoms with Gasteiger partial charge in [-0.2, -0.15) is 13.9 Å². The molecule has 1 aromatic heterocycles. The van der Waals surface area contributed by atoms with Crippen LogP contribution in [0.15, 0.2) is 30.3 Å². The van der Waals surface area contributed by atoms with Crippen LogP contribution in [0.3, 0.4) is 0 Å². The van der Waals surface area contributed by atoms with Crippen LogP contribution in [0.25, 0.3) is 10.8 Å². The van der Waals surface area contributed by atoms with Crippen LogP contribution >= 0.6 is 0 Å². The van der Waals surface area contributed by atoms with E-state index in [4.69, 9.17) is 4.74 Å². The molecule has 2 aromatic carbocycles. The molecule has 1 amide bonds. The number of likely N-dealkylation sites (N-methyl/N-ethyl adjacent to an activating group) is 1. The van der Waals surface area contributed by atoms with Crippen LogP contribution in [-0.4, -0.2) is 41.0 Å². The summed E-state index contributed by atoms with van der Waals surface area (Å²) in [5.41, 5.74) is -2.62. The molecule has 2 atom stereocenters. The molecule has 2 N–H and O–H groups in total. The summed E-state index contributed by atoms with van der Waals surface area (Å²) in [5.74, 6) is -4.85. The number of fused-ring (bicyclic) bond motifs is 2. The molecule has 0 saturated carbocycles. The maximum absolute atomic E-state index is 15.3. The molecule has 0 spiro atoms. The molecular formula is C26H29F3N4O3. The van der Waals surface area contributed by atoms with Crippen LogP contribution in [0.5, 0.6) is 0 Å². The maximum Gasteiger partial charge on any atom is 0.303 e. The first-order valence-electron chi connectivity index (χ1n) is 11.5. The van der Waals surface area contributed by atoms with Crippen molar-refractivity contribution >= 4 is 28.2 Å². The molecule has 36 heavy (non-hydrogen) atoms. The fourth-order valence-corrected chi connectivity index (χ4v) is 4.56. The largest absolute Gasteiger partial charge is 0.384 e. The van der Waals surface area contributed by atoms with Crippen LogP contribution < -0.4 is 10.2 Å². The van der Waals surface area contributed by atoms with Crippen LogP contribution in [0.2, 0.25) is 0 Å². The highest BCUT2D eigenvalue weighted by molar-refractivity contribution is 6.10. The molecule has 2 heterocycles. The Morgan fingerprint density at radius 3 is 2.47 bits per heavy atom. The Kier molecular flexibility index (Phi) is 6.04. The number of carbonyl (C=O) groups excluding carboxylic acids is 1. The zero-order valence-corrected chi connectivity index (χ0v) is 21.2. The van der Waals surface area contributed by atoms with Crippen molar-refractivity contribution in [2.24, 2.45) is 0 Å². The van der Waals surface area contributed by atoms with Crippen molar-refractivity contribution in [2.45, 2.75) is 57.8 Å². The number of hydrogen-bond donors (Lipinski definition) is 2. The fourth-order valence-electron chi connectivity index (χ4n) is 4.56. The molecule has 1 aliphatic heterocycles. The summed E-state index contributed by atoms with van der Waals surface area (Å²) in [6, 6.07) is 6.53. The Labute approximate surface area is 207 Å². The maximum atomic E-state index is 15.3. The number of aromatic nitrogens is 2. The highest BCUT2D eigenvalue weighted by Gasteiger charge is 2.49. The first kappa shape index (κ1) is 25.8. The van der Waals surface area contributed by atoms with E-state index in [2.05, 4.69) is 15.5 Å². The van der Waals surface area contributed by atoms with Crippen LogP contribution in [0.4, 0.5) is 24.7 Å². The quantitative estimate of drug-likeness (QED) is 0.496. The lowest BCUT2D eigenvalue weighted by molar-refractivity contribution is -0.170. The van der Waals surface area contributed by atoms with E-state index in [0.717, 1.165) is 25.3 Å². The number of rotatable bonds is 6. The van der Waals surface area contributed by atoms with Gasteiger partial charge in [0.1, 0.15) is 11.4 Å². The summed E-state index contributed by atoms with van der Waals surface area (Å²) in [5, 5.41) is 22.8. The Morgan fingerprint density at radius 1 is 1.19 bits per heavy atom. The van der Waals surface area contributed by atoms with Gasteiger partial charge in [-0.15, -0.1) is 5.10 Å². The average molecular weight is 503 g/mol. The second-order valence-corrected chi connectivity index (χ2v) is 9.86. The molecule has 0 bridgehead atoms. The van der Waals surface area contributed by atoms with E-state index in [1.54, 1.807) is 33.9 Å². The van der Waals surface area contributed by atoms with E-state index in [-0.39, 0.29) is 11.5 Å². The third-order valence-corrected chi connectivity index (χ3v) is 7.03. The minimum Gasteiger partial charge on any atom is -0.384 e. The lowest BCUT2D eigenvalue weighted by Gasteiger charge is -2.30. The molecule has 10 heteroatoms. The summed E-state index contributed by atoms with van der Waals surface area (Å²) in [6.45, 7) is 6.95. The lowest BCUT2D eigenvalue weighted by Crippen LogP contribution is -2.41. The van der Waals surface area contributed by atoms with E-state index < -0.39 is 34.5 Å². The van der Waals surface area contributed by atoms with E-state index >= 15 is 4.39 Å². The van der Waals surface area contributed by atoms with Crippen molar-refractivity contribution in [3.63, 3.8) is 0 Å². The molecule has 192 valence electrons. The average Bonchev–Trinajstić information content (AvgIpc) is 3.00. The first-order valence-corrected chi connectivity index (χ1v) is 11.5. The molecular weight excluding hydrogens is 473 g/mol. The third kappa shape index (κ3) is 3.70. The Morgan fingerprint density at radius 2 is 1.86 bits per heavy atom. The van der Waals surface area contributed by atoms with E-state index in [1.807, 2.05) is 6.07 Å². The number of amides is 1. The number of benzene rings is 2. The summed E-state index contributed by atoms with van der Waals surface area (Å²) in [4.78, 5) is 14.4. The number of alkyl halides is 2. The van der Waals surface area contributed by atoms with Gasteiger partial charge in [-0.1, -0.05) is 12.1 Å². The molecule has 0 aliphatic carbocycles. The van der Waals surface area contributed by atoms with Gasteiger partial charge in [0.25, 0.3) is 5.91 Å². The molecule has 1 unspecified atom stereocenters. The highest BCUT2D eigenvalue weighted by atomic mass is 19.3. The number of methoxy groups -OCH3 is 1. The van der Waals surface area contributed by atoms with Crippen LogP contribution in [0.1, 0.15) is 56.1 Å². The van der Waals surface area contributed by atoms with Crippen molar-refractivity contribution < 1.29 is 27.8 Å². The van der Waals surface area contributed by atoms with Gasteiger partial charge in [-0.05, 0) is 52.8 Å². The number of aliphatic hydroxyl groups is 1. The minimum absolute atomic E-state index is 0.0234. The Bertz CT molecular complexity index is 1370. The summed E-state index contributed by atoms with van der Waals surface area (Å²) in [6.07, 6.45) is 0. The smallest absolute Gasteiger partial charge is 0.303 e. The number of nitrogens with zero attached hydrogens (tertiary/aromatic N) is 3. The normalized spacial score (nSPS) is 19.1. The third-order valence-electron chi connectivity index (χ3n) is 7.03. The monoisotopic (exact) mass is 502 g/mol. The fraction of sp³-hybridized carbons (Fsp3) is 0.423. The summed E-state index contributed by atoms with van der Waals surface area (Å²) in [7, 11) is 3.13. The molecule has 1 aliphatic rings. The van der Waals surface area contributed by atoms with Crippen molar-refractivity contribution in [2.75, 3.05) is 24.4 Å². The summed E-state index contributed by atoms with van der Waals surface area (Å²) >= 11 is 0. The zero-order chi connectivity index (χ0) is 26.8. The number of halogens is 3. The first-order chi connectivity index (χ1) is 16.6. The number of anilines is 2. The van der Waals surface area contributed by atoms with Gasteiger partial charge in [0.2, 0.25) is 0 Å². The van der Waals surface area contributed by atoms with Crippen molar-refractivity contribution in [3.8, 4) is 0 Å². The van der Waals surface area contributed by atoms with E-state index in [0.29, 0.717) is 28.1 Å². The van der Waals surface area contributed by atoms with Crippen molar-refractivity contribution in [1.29, 1.82) is 0 Å². The highest BCUT2D eigenvalue weighted by Crippen LogP contribution is 2.45. The van der Waals surface area contributed by atoms with Gasteiger partial charge >= 0.3 is 5.92 Å². The zero-order valence-electron chi connectivity index (χ0n) is 21.2. The lowest BCUT2D eigenvalue weighted by atomic mass is 9.90. The van der Waals surface area contributed by atoms with Crippen LogP contribution in [-0.2, 0) is 21.1 Å². The molecule has 0 radical (unpaired) electrons. The van der Waals surface area contributed by atoms with Gasteiger partial charge in [0.05, 0.1) is 23.0 Å². The Hall–Kier alpha value is -3.24. The minimum atomic E-state index is -3.81. The van der Waals surface area contributed by atoms with Gasteiger partial charge in [0.15, 0.2) is 11.4 Å².